The number of terminal acetylenes is 1. The van der Waals surface area contributed by atoms with Crippen molar-refractivity contribution in [3.05, 3.63) is 52.9 Å². The first kappa shape index (κ1) is 35.1. The van der Waals surface area contributed by atoms with E-state index < -0.39 is 17.7 Å². The fraction of sp³-hybridized carbons (Fsp3) is 0.462. The molecule has 200 valence electrons. The third kappa shape index (κ3) is 11.1. The van der Waals surface area contributed by atoms with E-state index in [1.807, 2.05) is 34.6 Å². The van der Waals surface area contributed by atoms with Gasteiger partial charge in [0.05, 0.1) is 24.8 Å². The molecular weight excluding hydrogens is 488 g/mol. The van der Waals surface area contributed by atoms with Gasteiger partial charge in [0.1, 0.15) is 23.5 Å². The molecule has 36 heavy (non-hydrogen) atoms. The topological polar surface area (TPSA) is 102 Å². The quantitative estimate of drug-likeness (QED) is 0.487. The van der Waals surface area contributed by atoms with Gasteiger partial charge in [0.25, 0.3) is 5.91 Å². The number of nitrogens with one attached hydrogen (secondary N) is 1. The number of pyridine rings is 2. The molecule has 0 spiro atoms. The highest BCUT2D eigenvalue weighted by atomic mass is 35.5. The lowest BCUT2D eigenvalue weighted by Gasteiger charge is -2.35. The van der Waals surface area contributed by atoms with Gasteiger partial charge in [-0.3, -0.25) is 14.2 Å². The minimum Gasteiger partial charge on any atom is -0.385 e. The Morgan fingerprint density at radius 3 is 2.36 bits per heavy atom. The number of anilines is 1. The largest absolute Gasteiger partial charge is 0.385 e. The van der Waals surface area contributed by atoms with Crippen LogP contribution in [0.4, 0.5) is 14.6 Å². The summed E-state index contributed by atoms with van der Waals surface area (Å²) in [6, 6.07) is 6.74. The summed E-state index contributed by atoms with van der Waals surface area (Å²) in [6.45, 7) is 13.4. The molecule has 0 fully saturated rings. The Balaban J connectivity index is 0. The molecule has 2 aromatic heterocycles. The molecule has 1 unspecified atom stereocenters. The number of aromatic nitrogens is 2. The van der Waals surface area contributed by atoms with Crippen LogP contribution in [0, 0.1) is 12.3 Å². The van der Waals surface area contributed by atoms with Gasteiger partial charge in [-0.25, -0.2) is 14.4 Å². The van der Waals surface area contributed by atoms with Gasteiger partial charge < -0.3 is 15.8 Å². The summed E-state index contributed by atoms with van der Waals surface area (Å²) < 4.78 is 27.9. The van der Waals surface area contributed by atoms with E-state index in [-0.39, 0.29) is 22.6 Å². The number of nitrogens with zero attached hydrogens (tertiary/aromatic N) is 3. The number of ether oxygens (including phenoxy) is 1. The SMILES string of the molecule is C#Cc1cnc(C(=O)Nc2ccccn2)c(Cl)c1.CC.CC.CC(F)[C@]1(C)OC[C@H](C)N=C1N.CF. The molecule has 1 amide bonds. The fourth-order valence-corrected chi connectivity index (χ4v) is 2.64. The van der Waals surface area contributed by atoms with Crippen molar-refractivity contribution in [3.63, 3.8) is 0 Å². The van der Waals surface area contributed by atoms with Gasteiger partial charge in [-0.2, -0.15) is 0 Å². The van der Waals surface area contributed by atoms with Crippen LogP contribution in [0.25, 0.3) is 0 Å². The van der Waals surface area contributed by atoms with Gasteiger partial charge in [-0.15, -0.1) is 6.42 Å². The molecule has 7 nitrogen and oxygen atoms in total. The van der Waals surface area contributed by atoms with Crippen LogP contribution in [0.5, 0.6) is 0 Å². The molecule has 0 saturated carbocycles. The number of hydrogen-bond acceptors (Lipinski definition) is 6. The molecule has 1 aliphatic heterocycles. The number of aliphatic imine (C=N–C) groups is 1. The Bertz CT molecular complexity index is 969. The predicted octanol–water partition coefficient (Wildman–Crippen LogP) is 5.88. The molecule has 2 aromatic rings. The van der Waals surface area contributed by atoms with Gasteiger partial charge in [0.15, 0.2) is 5.60 Å². The van der Waals surface area contributed by atoms with Crippen LogP contribution in [-0.2, 0) is 4.74 Å². The molecule has 3 heterocycles. The summed E-state index contributed by atoms with van der Waals surface area (Å²) in [7, 11) is 0.500. The van der Waals surface area contributed by atoms with E-state index >= 15 is 0 Å². The number of hydrogen-bond donors (Lipinski definition) is 2. The highest BCUT2D eigenvalue weighted by Gasteiger charge is 2.39. The zero-order valence-corrected chi connectivity index (χ0v) is 23.0. The van der Waals surface area contributed by atoms with Crippen LogP contribution in [0.3, 0.4) is 0 Å². The van der Waals surface area contributed by atoms with Crippen molar-refractivity contribution < 1.29 is 18.3 Å². The number of rotatable bonds is 3. The Morgan fingerprint density at radius 2 is 1.92 bits per heavy atom. The smallest absolute Gasteiger partial charge is 0.276 e. The molecule has 0 aromatic carbocycles. The molecule has 0 radical (unpaired) electrons. The first-order chi connectivity index (χ1) is 17.2. The zero-order chi connectivity index (χ0) is 28.3. The average molecular weight is 526 g/mol. The molecule has 1 aliphatic rings. The van der Waals surface area contributed by atoms with Crippen molar-refractivity contribution in [2.45, 2.75) is 66.3 Å². The number of carbonyl (C=O) groups excluding carboxylic acids is 1. The maximum atomic E-state index is 13.1. The summed E-state index contributed by atoms with van der Waals surface area (Å²) >= 11 is 5.93. The molecule has 3 N–H and O–H groups in total. The average Bonchev–Trinajstić information content (AvgIpc) is 2.90. The third-order valence-corrected chi connectivity index (χ3v) is 4.67. The summed E-state index contributed by atoms with van der Waals surface area (Å²) in [5.74, 6) is 2.66. The van der Waals surface area contributed by atoms with Gasteiger partial charge in [0, 0.05) is 18.0 Å². The van der Waals surface area contributed by atoms with E-state index in [2.05, 4.69) is 26.2 Å². The van der Waals surface area contributed by atoms with E-state index in [1.54, 1.807) is 31.3 Å². The Morgan fingerprint density at radius 1 is 1.31 bits per heavy atom. The monoisotopic (exact) mass is 525 g/mol. The van der Waals surface area contributed by atoms with Crippen LogP contribution in [0.1, 0.15) is 64.5 Å². The molecule has 10 heteroatoms. The fourth-order valence-electron chi connectivity index (χ4n) is 2.39. The molecule has 0 aliphatic carbocycles. The number of carbonyl (C=O) groups is 1. The summed E-state index contributed by atoms with van der Waals surface area (Å²) in [5, 5.41) is 2.80. The number of amidine groups is 1. The summed E-state index contributed by atoms with van der Waals surface area (Å²) in [4.78, 5) is 23.9. The van der Waals surface area contributed by atoms with E-state index in [0.717, 1.165) is 0 Å². The van der Waals surface area contributed by atoms with Gasteiger partial charge in [-0.05, 0) is 39.0 Å². The van der Waals surface area contributed by atoms with Crippen LogP contribution >= 0.6 is 11.6 Å². The maximum absolute atomic E-state index is 13.1. The minimum absolute atomic E-state index is 0.0387. The maximum Gasteiger partial charge on any atom is 0.276 e. The Labute approximate surface area is 218 Å². The number of alkyl halides is 2. The van der Waals surface area contributed by atoms with Gasteiger partial charge >= 0.3 is 0 Å². The van der Waals surface area contributed by atoms with Crippen LogP contribution in [0.15, 0.2) is 41.7 Å². The Hall–Kier alpha value is -3.09. The van der Waals surface area contributed by atoms with Crippen LogP contribution in [0.2, 0.25) is 5.02 Å². The standard InChI is InChI=1S/C13H8ClN3O.C8H15FN2O.2C2H6.CH3F/c1-2-9-7-10(14)12(16-8-9)13(18)17-11-5-3-4-6-15-11;1-5-4-12-8(3,6(2)9)7(10)11-5;3*1-2/h1,3-8H,(H,15,17,18);5-6H,4H2,1-3H3,(H2,10,11);2*1-2H3;1H3/t;5-,6?,8-;;;/m.0.../s1. The van der Waals surface area contributed by atoms with Crippen LogP contribution < -0.4 is 11.1 Å². The lowest BCUT2D eigenvalue weighted by atomic mass is 9.98. The number of halogens is 3. The van der Waals surface area contributed by atoms with Gasteiger partial charge in [0.2, 0.25) is 0 Å². The molecular formula is C26H38ClF2N5O2. The normalized spacial score (nSPS) is 18.3. The third-order valence-electron chi connectivity index (χ3n) is 4.38. The second kappa shape index (κ2) is 19.1. The molecule has 3 atom stereocenters. The van der Waals surface area contributed by atoms with Crippen molar-refractivity contribution >= 4 is 29.2 Å². The highest BCUT2D eigenvalue weighted by Crippen LogP contribution is 2.23. The first-order valence-corrected chi connectivity index (χ1v) is 11.9. The first-order valence-electron chi connectivity index (χ1n) is 11.5. The van der Waals surface area contributed by atoms with E-state index in [4.69, 9.17) is 28.5 Å². The number of nitrogens with two attached hydrogens (primary N) is 1. The second-order valence-corrected chi connectivity index (χ2v) is 7.17. The highest BCUT2D eigenvalue weighted by molar-refractivity contribution is 6.34. The summed E-state index contributed by atoms with van der Waals surface area (Å²) in [5.41, 5.74) is 5.20. The number of amides is 1. The Kier molecular flexibility index (Phi) is 18.6. The van der Waals surface area contributed by atoms with Crippen molar-refractivity contribution in [3.8, 4) is 12.3 Å². The van der Waals surface area contributed by atoms with Crippen molar-refractivity contribution in [2.24, 2.45) is 10.7 Å². The van der Waals surface area contributed by atoms with E-state index in [1.165, 1.54) is 19.2 Å². The predicted molar refractivity (Wildman–Crippen MR) is 145 cm³/mol. The second-order valence-electron chi connectivity index (χ2n) is 6.77. The van der Waals surface area contributed by atoms with Crippen molar-refractivity contribution in [1.29, 1.82) is 0 Å². The molecule has 3 rings (SSSR count). The molecule has 0 saturated heterocycles. The minimum atomic E-state index is -1.13. The lowest BCUT2D eigenvalue weighted by molar-refractivity contribution is -0.0420. The van der Waals surface area contributed by atoms with Crippen molar-refractivity contribution in [2.75, 3.05) is 19.1 Å². The van der Waals surface area contributed by atoms with Crippen LogP contribution in [-0.4, -0.2) is 53.3 Å². The van der Waals surface area contributed by atoms with E-state index in [0.29, 0.717) is 25.2 Å². The van der Waals surface area contributed by atoms with Gasteiger partial charge in [-0.1, -0.05) is 51.3 Å². The molecule has 0 bridgehead atoms. The van der Waals surface area contributed by atoms with E-state index in [9.17, 15) is 13.6 Å². The lowest BCUT2D eigenvalue weighted by Crippen LogP contribution is -2.54. The summed E-state index contributed by atoms with van der Waals surface area (Å²) in [6.07, 6.45) is 7.07. The zero-order valence-electron chi connectivity index (χ0n) is 22.3. The van der Waals surface area contributed by atoms with Crippen molar-refractivity contribution in [1.82, 2.24) is 9.97 Å².